The standard InChI is InChI=1S/C13H16FNO2.C4H9NO/c1-9-2-3-11(8-12(9)14)15-13(16)10-4-6-17-7-5-10;1-3-6-4-2-5-1/h2-3,8,10H,4-7H2,1H3,(H,15,16);5H,1-4H2. The number of ether oxygens (including phenoxy) is 2. The SMILES string of the molecule is C1COCCN1.Cc1ccc(NC(=O)C2CCOCC2)cc1F. The molecule has 2 fully saturated rings. The first-order valence-electron chi connectivity index (χ1n) is 8.10. The van der Waals surface area contributed by atoms with Crippen LogP contribution in [0.3, 0.4) is 0 Å². The minimum atomic E-state index is -0.297. The molecule has 0 radical (unpaired) electrons. The van der Waals surface area contributed by atoms with Crippen molar-refractivity contribution in [2.24, 2.45) is 5.92 Å². The summed E-state index contributed by atoms with van der Waals surface area (Å²) in [5.74, 6) is -0.362. The number of halogens is 1. The first-order valence-corrected chi connectivity index (χ1v) is 8.10. The second-order valence-corrected chi connectivity index (χ2v) is 5.70. The minimum Gasteiger partial charge on any atom is -0.381 e. The molecule has 0 atom stereocenters. The normalized spacial score (nSPS) is 18.7. The molecule has 1 amide bonds. The molecule has 5 nitrogen and oxygen atoms in total. The van der Waals surface area contributed by atoms with Gasteiger partial charge in [-0.05, 0) is 37.5 Å². The molecule has 0 spiro atoms. The van der Waals surface area contributed by atoms with E-state index < -0.39 is 0 Å². The lowest BCUT2D eigenvalue weighted by molar-refractivity contribution is -0.122. The van der Waals surface area contributed by atoms with Crippen LogP contribution >= 0.6 is 0 Å². The van der Waals surface area contributed by atoms with E-state index in [-0.39, 0.29) is 17.6 Å². The zero-order valence-corrected chi connectivity index (χ0v) is 13.6. The highest BCUT2D eigenvalue weighted by atomic mass is 19.1. The van der Waals surface area contributed by atoms with Crippen molar-refractivity contribution in [3.63, 3.8) is 0 Å². The smallest absolute Gasteiger partial charge is 0.227 e. The summed E-state index contributed by atoms with van der Waals surface area (Å²) in [5.41, 5.74) is 1.10. The number of amides is 1. The molecule has 2 N–H and O–H groups in total. The van der Waals surface area contributed by atoms with Gasteiger partial charge in [0.15, 0.2) is 0 Å². The van der Waals surface area contributed by atoms with Gasteiger partial charge in [-0.15, -0.1) is 0 Å². The van der Waals surface area contributed by atoms with Gasteiger partial charge in [-0.3, -0.25) is 4.79 Å². The highest BCUT2D eigenvalue weighted by molar-refractivity contribution is 5.92. The molecule has 2 aliphatic rings. The molecule has 2 saturated heterocycles. The van der Waals surface area contributed by atoms with Crippen LogP contribution in [0.1, 0.15) is 18.4 Å². The quantitative estimate of drug-likeness (QED) is 0.875. The van der Waals surface area contributed by atoms with Crippen molar-refractivity contribution in [3.05, 3.63) is 29.6 Å². The topological polar surface area (TPSA) is 59.6 Å². The maximum atomic E-state index is 13.3. The van der Waals surface area contributed by atoms with Gasteiger partial charge in [0, 0.05) is 37.9 Å². The van der Waals surface area contributed by atoms with Crippen LogP contribution in [-0.2, 0) is 14.3 Å². The average molecular weight is 324 g/mol. The van der Waals surface area contributed by atoms with Crippen molar-refractivity contribution in [2.45, 2.75) is 19.8 Å². The molecule has 2 heterocycles. The fourth-order valence-corrected chi connectivity index (χ4v) is 2.39. The Bertz CT molecular complexity index is 489. The molecule has 128 valence electrons. The van der Waals surface area contributed by atoms with Crippen LogP contribution in [0.25, 0.3) is 0 Å². The highest BCUT2D eigenvalue weighted by Crippen LogP contribution is 2.19. The maximum Gasteiger partial charge on any atom is 0.227 e. The number of nitrogens with one attached hydrogen (secondary N) is 2. The molecule has 1 aromatic rings. The Morgan fingerprint density at radius 2 is 1.83 bits per heavy atom. The molecule has 2 aliphatic heterocycles. The lowest BCUT2D eigenvalue weighted by atomic mass is 9.99. The van der Waals surface area contributed by atoms with Crippen LogP contribution in [0.2, 0.25) is 0 Å². The molecule has 0 aliphatic carbocycles. The van der Waals surface area contributed by atoms with Crippen molar-refractivity contribution in [1.82, 2.24) is 5.32 Å². The van der Waals surface area contributed by atoms with Gasteiger partial charge in [-0.2, -0.15) is 0 Å². The summed E-state index contributed by atoms with van der Waals surface area (Å²) in [7, 11) is 0. The van der Waals surface area contributed by atoms with Gasteiger partial charge in [0.1, 0.15) is 5.82 Å². The van der Waals surface area contributed by atoms with E-state index in [1.54, 1.807) is 19.1 Å². The Labute approximate surface area is 136 Å². The van der Waals surface area contributed by atoms with Gasteiger partial charge < -0.3 is 20.1 Å². The lowest BCUT2D eigenvalue weighted by Crippen LogP contribution is -2.30. The van der Waals surface area contributed by atoms with Gasteiger partial charge in [0.2, 0.25) is 5.91 Å². The summed E-state index contributed by atoms with van der Waals surface area (Å²) in [6.45, 7) is 6.78. The molecule has 0 unspecified atom stereocenters. The summed E-state index contributed by atoms with van der Waals surface area (Å²) in [5, 5.41) is 5.90. The minimum absolute atomic E-state index is 0.0203. The van der Waals surface area contributed by atoms with Crippen LogP contribution in [0.5, 0.6) is 0 Å². The Hall–Kier alpha value is -1.50. The Morgan fingerprint density at radius 3 is 2.35 bits per heavy atom. The van der Waals surface area contributed by atoms with Crippen molar-refractivity contribution in [2.75, 3.05) is 44.8 Å². The Balaban J connectivity index is 0.000000268. The summed E-state index contributed by atoms with van der Waals surface area (Å²) in [4.78, 5) is 11.9. The molecule has 23 heavy (non-hydrogen) atoms. The second kappa shape index (κ2) is 9.60. The number of hydrogen-bond donors (Lipinski definition) is 2. The van der Waals surface area contributed by atoms with Gasteiger partial charge in [-0.25, -0.2) is 4.39 Å². The third-order valence-electron chi connectivity index (χ3n) is 3.88. The zero-order chi connectivity index (χ0) is 16.5. The highest BCUT2D eigenvalue weighted by Gasteiger charge is 2.21. The van der Waals surface area contributed by atoms with E-state index in [2.05, 4.69) is 10.6 Å². The van der Waals surface area contributed by atoms with Crippen molar-refractivity contribution >= 4 is 11.6 Å². The fraction of sp³-hybridized carbons (Fsp3) is 0.588. The summed E-state index contributed by atoms with van der Waals surface area (Å²) in [6, 6.07) is 4.73. The van der Waals surface area contributed by atoms with Gasteiger partial charge in [0.25, 0.3) is 0 Å². The number of carbonyl (C=O) groups is 1. The lowest BCUT2D eigenvalue weighted by Gasteiger charge is -2.21. The number of anilines is 1. The van der Waals surface area contributed by atoms with Crippen LogP contribution in [0.4, 0.5) is 10.1 Å². The number of carbonyl (C=O) groups excluding carboxylic acids is 1. The van der Waals surface area contributed by atoms with Crippen LogP contribution in [0, 0.1) is 18.7 Å². The summed E-state index contributed by atoms with van der Waals surface area (Å²) in [6.07, 6.45) is 1.47. The molecule has 3 rings (SSSR count). The monoisotopic (exact) mass is 324 g/mol. The van der Waals surface area contributed by atoms with Crippen LogP contribution in [-0.4, -0.2) is 45.4 Å². The van der Waals surface area contributed by atoms with Gasteiger partial charge in [-0.1, -0.05) is 6.07 Å². The number of rotatable bonds is 2. The molecule has 0 aromatic heterocycles. The first-order chi connectivity index (χ1) is 11.2. The fourth-order valence-electron chi connectivity index (χ4n) is 2.39. The predicted octanol–water partition coefficient (Wildman–Crippen LogP) is 2.11. The van der Waals surface area contributed by atoms with E-state index in [1.165, 1.54) is 6.07 Å². The molecular formula is C17H25FN2O3. The largest absolute Gasteiger partial charge is 0.381 e. The van der Waals surface area contributed by atoms with Crippen molar-refractivity contribution in [3.8, 4) is 0 Å². The molecule has 6 heteroatoms. The van der Waals surface area contributed by atoms with Gasteiger partial charge in [0.05, 0.1) is 13.2 Å². The second-order valence-electron chi connectivity index (χ2n) is 5.70. The van der Waals surface area contributed by atoms with E-state index in [0.717, 1.165) is 39.1 Å². The summed E-state index contributed by atoms with van der Waals surface area (Å²) < 4.78 is 23.5. The van der Waals surface area contributed by atoms with E-state index in [9.17, 15) is 9.18 Å². The average Bonchev–Trinajstić information content (AvgIpc) is 2.61. The van der Waals surface area contributed by atoms with E-state index >= 15 is 0 Å². The number of benzene rings is 1. The van der Waals surface area contributed by atoms with Gasteiger partial charge >= 0.3 is 0 Å². The zero-order valence-electron chi connectivity index (χ0n) is 13.6. The Kier molecular flexibility index (Phi) is 7.45. The maximum absolute atomic E-state index is 13.3. The molecular weight excluding hydrogens is 299 g/mol. The van der Waals surface area contributed by atoms with E-state index in [1.807, 2.05) is 0 Å². The molecule has 0 bridgehead atoms. The number of aryl methyl sites for hydroxylation is 1. The molecule has 0 saturated carbocycles. The van der Waals surface area contributed by atoms with Crippen molar-refractivity contribution < 1.29 is 18.7 Å². The Morgan fingerprint density at radius 1 is 1.17 bits per heavy atom. The van der Waals surface area contributed by atoms with E-state index in [4.69, 9.17) is 9.47 Å². The van der Waals surface area contributed by atoms with Crippen molar-refractivity contribution in [1.29, 1.82) is 0 Å². The third-order valence-corrected chi connectivity index (χ3v) is 3.88. The third kappa shape index (κ3) is 6.25. The van der Waals surface area contributed by atoms with Crippen LogP contribution in [0.15, 0.2) is 18.2 Å². The van der Waals surface area contributed by atoms with E-state index in [0.29, 0.717) is 24.5 Å². The number of hydrogen-bond acceptors (Lipinski definition) is 4. The summed E-state index contributed by atoms with van der Waals surface area (Å²) >= 11 is 0. The van der Waals surface area contributed by atoms with Crippen LogP contribution < -0.4 is 10.6 Å². The number of morpholine rings is 1. The molecule has 1 aromatic carbocycles. The first kappa shape index (κ1) is 17.8. The predicted molar refractivity (Wildman–Crippen MR) is 87.0 cm³/mol.